The number of rotatable bonds is 6. The molecule has 1 atom stereocenters. The van der Waals surface area contributed by atoms with E-state index in [1.807, 2.05) is 6.92 Å². The second-order valence-corrected chi connectivity index (χ2v) is 4.69. The van der Waals surface area contributed by atoms with E-state index in [9.17, 15) is 4.79 Å². The average Bonchev–Trinajstić information content (AvgIpc) is 2.75. The Balaban J connectivity index is 2.03. The molecule has 0 spiro atoms. The molecule has 1 fully saturated rings. The predicted molar refractivity (Wildman–Crippen MR) is 64.4 cm³/mol. The first-order valence-corrected chi connectivity index (χ1v) is 6.17. The van der Waals surface area contributed by atoms with Crippen molar-refractivity contribution in [1.29, 1.82) is 0 Å². The Morgan fingerprint density at radius 3 is 2.62 bits per heavy atom. The van der Waals surface area contributed by atoms with Crippen LogP contribution in [-0.4, -0.2) is 50.2 Å². The van der Waals surface area contributed by atoms with Crippen LogP contribution in [0.2, 0.25) is 0 Å². The van der Waals surface area contributed by atoms with E-state index >= 15 is 0 Å². The zero-order chi connectivity index (χ0) is 12.0. The van der Waals surface area contributed by atoms with Gasteiger partial charge in [0.2, 0.25) is 5.91 Å². The van der Waals surface area contributed by atoms with Gasteiger partial charge >= 0.3 is 0 Å². The third-order valence-corrected chi connectivity index (χ3v) is 3.02. The molecule has 4 nitrogen and oxygen atoms in total. The summed E-state index contributed by atoms with van der Waals surface area (Å²) in [6, 6.07) is -0.123. The third-order valence-electron chi connectivity index (χ3n) is 3.02. The van der Waals surface area contributed by atoms with Crippen LogP contribution in [0.5, 0.6) is 0 Å². The van der Waals surface area contributed by atoms with E-state index in [4.69, 9.17) is 4.74 Å². The minimum atomic E-state index is -0.123. The van der Waals surface area contributed by atoms with Gasteiger partial charge < -0.3 is 15.0 Å². The highest BCUT2D eigenvalue weighted by atomic mass is 16.5. The van der Waals surface area contributed by atoms with Gasteiger partial charge in [0.25, 0.3) is 0 Å². The molecule has 16 heavy (non-hydrogen) atoms. The van der Waals surface area contributed by atoms with Crippen LogP contribution < -0.4 is 5.32 Å². The Kier molecular flexibility index (Phi) is 5.77. The number of nitrogens with one attached hydrogen (secondary N) is 1. The molecular formula is C12H24N2O2. The fourth-order valence-corrected chi connectivity index (χ4v) is 2.03. The zero-order valence-corrected chi connectivity index (χ0v) is 10.7. The van der Waals surface area contributed by atoms with E-state index in [1.54, 1.807) is 19.0 Å². The number of hydrogen-bond donors (Lipinski definition) is 1. The van der Waals surface area contributed by atoms with E-state index in [-0.39, 0.29) is 11.9 Å². The van der Waals surface area contributed by atoms with Gasteiger partial charge in [-0.15, -0.1) is 0 Å². The quantitative estimate of drug-likeness (QED) is 0.690. The van der Waals surface area contributed by atoms with Crippen molar-refractivity contribution in [3.63, 3.8) is 0 Å². The van der Waals surface area contributed by atoms with Gasteiger partial charge in [-0.05, 0) is 19.8 Å². The lowest BCUT2D eigenvalue weighted by molar-refractivity contribution is -0.130. The fourth-order valence-electron chi connectivity index (χ4n) is 2.03. The maximum atomic E-state index is 11.5. The molecule has 0 heterocycles. The van der Waals surface area contributed by atoms with Crippen LogP contribution in [0.15, 0.2) is 0 Å². The molecule has 0 aromatic carbocycles. The van der Waals surface area contributed by atoms with Crippen LogP contribution in [0.3, 0.4) is 0 Å². The number of ether oxygens (including phenoxy) is 1. The topological polar surface area (TPSA) is 41.6 Å². The predicted octanol–water partition coefficient (Wildman–Crippen LogP) is 1.01. The second kappa shape index (κ2) is 6.86. The zero-order valence-electron chi connectivity index (χ0n) is 10.7. The van der Waals surface area contributed by atoms with E-state index in [2.05, 4.69) is 5.32 Å². The molecule has 1 saturated carbocycles. The minimum Gasteiger partial charge on any atom is -0.377 e. The van der Waals surface area contributed by atoms with Gasteiger partial charge in [0, 0.05) is 20.6 Å². The van der Waals surface area contributed by atoms with Gasteiger partial charge in [-0.1, -0.05) is 12.8 Å². The Hall–Kier alpha value is -0.610. The molecule has 4 heteroatoms. The number of likely N-dealkylation sites (N-methyl/N-ethyl adjacent to an activating group) is 1. The average molecular weight is 228 g/mol. The van der Waals surface area contributed by atoms with Crippen molar-refractivity contribution in [2.45, 2.75) is 44.8 Å². The maximum Gasteiger partial charge on any atom is 0.238 e. The molecule has 1 N–H and O–H groups in total. The van der Waals surface area contributed by atoms with E-state index < -0.39 is 0 Å². The van der Waals surface area contributed by atoms with Gasteiger partial charge in [-0.2, -0.15) is 0 Å². The normalized spacial score (nSPS) is 18.7. The minimum absolute atomic E-state index is 0.112. The van der Waals surface area contributed by atoms with E-state index in [0.717, 1.165) is 6.54 Å². The molecule has 94 valence electrons. The van der Waals surface area contributed by atoms with Crippen LogP contribution in [0.25, 0.3) is 0 Å². The van der Waals surface area contributed by atoms with Crippen molar-refractivity contribution in [2.24, 2.45) is 0 Å². The molecule has 1 unspecified atom stereocenters. The maximum absolute atomic E-state index is 11.5. The highest BCUT2D eigenvalue weighted by Gasteiger charge is 2.16. The monoisotopic (exact) mass is 228 g/mol. The molecule has 1 amide bonds. The number of carbonyl (C=O) groups is 1. The molecule has 1 rings (SSSR count). The van der Waals surface area contributed by atoms with Crippen molar-refractivity contribution in [2.75, 3.05) is 27.2 Å². The lowest BCUT2D eigenvalue weighted by atomic mass is 10.3. The van der Waals surface area contributed by atoms with Crippen molar-refractivity contribution < 1.29 is 9.53 Å². The van der Waals surface area contributed by atoms with Crippen molar-refractivity contribution in [1.82, 2.24) is 10.2 Å². The SMILES string of the molecule is CC(NCCOC1CCCC1)C(=O)N(C)C. The summed E-state index contributed by atoms with van der Waals surface area (Å²) in [6.45, 7) is 3.34. The second-order valence-electron chi connectivity index (χ2n) is 4.69. The summed E-state index contributed by atoms with van der Waals surface area (Å²) in [5.41, 5.74) is 0. The van der Waals surface area contributed by atoms with Crippen LogP contribution >= 0.6 is 0 Å². The smallest absolute Gasteiger partial charge is 0.238 e. The highest BCUT2D eigenvalue weighted by Crippen LogP contribution is 2.20. The Labute approximate surface area is 98.3 Å². The largest absolute Gasteiger partial charge is 0.377 e. The fraction of sp³-hybridized carbons (Fsp3) is 0.917. The Morgan fingerprint density at radius 2 is 2.06 bits per heavy atom. The van der Waals surface area contributed by atoms with Crippen LogP contribution in [0, 0.1) is 0 Å². The first kappa shape index (κ1) is 13.5. The molecule has 0 saturated heterocycles. The summed E-state index contributed by atoms with van der Waals surface area (Å²) in [7, 11) is 3.55. The summed E-state index contributed by atoms with van der Waals surface area (Å²) in [5, 5.41) is 3.17. The van der Waals surface area contributed by atoms with Crippen molar-refractivity contribution in [3.8, 4) is 0 Å². The standard InChI is InChI=1S/C12H24N2O2/c1-10(12(15)14(2)3)13-8-9-16-11-6-4-5-7-11/h10-11,13H,4-9H2,1-3H3. The lowest BCUT2D eigenvalue weighted by Crippen LogP contribution is -2.42. The van der Waals surface area contributed by atoms with E-state index in [1.165, 1.54) is 25.7 Å². The van der Waals surface area contributed by atoms with Crippen LogP contribution in [0.4, 0.5) is 0 Å². The summed E-state index contributed by atoms with van der Waals surface area (Å²) < 4.78 is 5.71. The Bertz CT molecular complexity index is 213. The molecule has 1 aliphatic rings. The first-order valence-electron chi connectivity index (χ1n) is 6.17. The van der Waals surface area contributed by atoms with Crippen molar-refractivity contribution in [3.05, 3.63) is 0 Å². The molecule has 0 radical (unpaired) electrons. The molecule has 0 bridgehead atoms. The number of amides is 1. The number of hydrogen-bond acceptors (Lipinski definition) is 3. The van der Waals surface area contributed by atoms with E-state index in [0.29, 0.717) is 12.7 Å². The molecule has 0 aliphatic heterocycles. The summed E-state index contributed by atoms with van der Waals surface area (Å²) >= 11 is 0. The molecule has 0 aromatic heterocycles. The van der Waals surface area contributed by atoms with Gasteiger partial charge in [-0.3, -0.25) is 4.79 Å². The molecular weight excluding hydrogens is 204 g/mol. The molecule has 1 aliphatic carbocycles. The first-order chi connectivity index (χ1) is 7.61. The van der Waals surface area contributed by atoms with Crippen LogP contribution in [-0.2, 0) is 9.53 Å². The number of nitrogens with zero attached hydrogens (tertiary/aromatic N) is 1. The van der Waals surface area contributed by atoms with Gasteiger partial charge in [0.05, 0.1) is 18.8 Å². The van der Waals surface area contributed by atoms with Gasteiger partial charge in [-0.25, -0.2) is 0 Å². The van der Waals surface area contributed by atoms with Gasteiger partial charge in [0.15, 0.2) is 0 Å². The summed E-state index contributed by atoms with van der Waals surface area (Å²) in [5.74, 6) is 0.112. The Morgan fingerprint density at radius 1 is 1.44 bits per heavy atom. The highest BCUT2D eigenvalue weighted by molar-refractivity contribution is 5.80. The number of carbonyl (C=O) groups excluding carboxylic acids is 1. The summed E-state index contributed by atoms with van der Waals surface area (Å²) in [6.07, 6.45) is 5.46. The van der Waals surface area contributed by atoms with Crippen molar-refractivity contribution >= 4 is 5.91 Å². The van der Waals surface area contributed by atoms with Gasteiger partial charge in [0.1, 0.15) is 0 Å². The lowest BCUT2D eigenvalue weighted by Gasteiger charge is -2.18. The summed E-state index contributed by atoms with van der Waals surface area (Å²) in [4.78, 5) is 13.1. The third kappa shape index (κ3) is 4.49. The molecule has 0 aromatic rings. The van der Waals surface area contributed by atoms with Crippen LogP contribution in [0.1, 0.15) is 32.6 Å².